The van der Waals surface area contributed by atoms with Gasteiger partial charge in [-0.25, -0.2) is 0 Å². The zero-order valence-electron chi connectivity index (χ0n) is 17.4. The number of hydrogen-bond donors (Lipinski definition) is 2. The second kappa shape index (κ2) is 8.01. The smallest absolute Gasteiger partial charge is 0.248 e. The fourth-order valence-corrected chi connectivity index (χ4v) is 4.66. The lowest BCUT2D eigenvalue weighted by Gasteiger charge is -2.39. The molecule has 2 atom stereocenters. The van der Waals surface area contributed by atoms with Gasteiger partial charge in [0.2, 0.25) is 5.91 Å². The first kappa shape index (κ1) is 19.7. The normalized spacial score (nSPS) is 20.2. The Bertz CT molecular complexity index is 1020. The molecule has 152 valence electrons. The van der Waals surface area contributed by atoms with Crippen molar-refractivity contribution in [2.24, 2.45) is 5.73 Å². The summed E-state index contributed by atoms with van der Waals surface area (Å²) in [5.74, 6) is -0.392. The molecule has 1 saturated heterocycles. The molecule has 0 bridgehead atoms. The Balaban J connectivity index is 1.68. The highest BCUT2D eigenvalue weighted by Gasteiger charge is 2.30. The molecule has 0 aliphatic carbocycles. The summed E-state index contributed by atoms with van der Waals surface area (Å²) in [5.41, 5.74) is 12.4. The molecule has 3 aromatic rings. The van der Waals surface area contributed by atoms with Gasteiger partial charge in [-0.3, -0.25) is 9.69 Å². The van der Waals surface area contributed by atoms with Gasteiger partial charge in [0.25, 0.3) is 0 Å². The van der Waals surface area contributed by atoms with Gasteiger partial charge in [0.05, 0.1) is 6.10 Å². The molecule has 0 spiro atoms. The number of H-pyrrole nitrogens is 1. The molecule has 1 aromatic heterocycles. The zero-order valence-corrected chi connectivity index (χ0v) is 17.4. The minimum absolute atomic E-state index is 0.241. The molecule has 5 nitrogen and oxygen atoms in total. The summed E-state index contributed by atoms with van der Waals surface area (Å²) >= 11 is 0. The Morgan fingerprint density at radius 3 is 2.66 bits per heavy atom. The number of ether oxygens (including phenoxy) is 1. The number of primary amides is 1. The van der Waals surface area contributed by atoms with Crippen LogP contribution < -0.4 is 5.73 Å². The van der Waals surface area contributed by atoms with Gasteiger partial charge in [-0.05, 0) is 67.1 Å². The van der Waals surface area contributed by atoms with E-state index >= 15 is 0 Å². The number of aromatic nitrogens is 1. The van der Waals surface area contributed by atoms with Gasteiger partial charge in [-0.2, -0.15) is 0 Å². The fraction of sp³-hybridized carbons (Fsp3) is 0.375. The van der Waals surface area contributed by atoms with Crippen molar-refractivity contribution in [3.63, 3.8) is 0 Å². The molecule has 1 aliphatic rings. The monoisotopic (exact) mass is 391 g/mol. The molecule has 1 amide bonds. The van der Waals surface area contributed by atoms with Crippen LogP contribution in [0.4, 0.5) is 0 Å². The van der Waals surface area contributed by atoms with Crippen molar-refractivity contribution in [3.8, 4) is 0 Å². The largest absolute Gasteiger partial charge is 0.381 e. The molecule has 1 fully saturated rings. The lowest BCUT2D eigenvalue weighted by molar-refractivity contribution is 0.00691. The fourth-order valence-electron chi connectivity index (χ4n) is 4.66. The Kier molecular flexibility index (Phi) is 5.43. The van der Waals surface area contributed by atoms with E-state index in [1.54, 1.807) is 7.11 Å². The first-order valence-corrected chi connectivity index (χ1v) is 10.2. The van der Waals surface area contributed by atoms with Crippen LogP contribution in [0.2, 0.25) is 0 Å². The molecule has 0 radical (unpaired) electrons. The number of methoxy groups -OCH3 is 1. The standard InChI is InChI=1S/C24H29N3O2/c1-15-12-16(2)23-20(8-10-26-23)21(15)14-27-11-9-19(29-3)13-22(27)17-4-6-18(7-5-17)24(25)28/h4-8,10,12,19,22,26H,9,11,13-14H2,1-3H3,(H2,25,28)/t19-,22-/m0/s1. The second-order valence-corrected chi connectivity index (χ2v) is 8.11. The second-order valence-electron chi connectivity index (χ2n) is 8.11. The van der Waals surface area contributed by atoms with Crippen LogP contribution in [0.25, 0.3) is 10.9 Å². The highest BCUT2D eigenvalue weighted by Crippen LogP contribution is 2.35. The highest BCUT2D eigenvalue weighted by molar-refractivity contribution is 5.92. The molecule has 0 saturated carbocycles. The maximum Gasteiger partial charge on any atom is 0.248 e. The third-order valence-corrected chi connectivity index (χ3v) is 6.32. The maximum atomic E-state index is 11.4. The van der Waals surface area contributed by atoms with Crippen LogP contribution in [0.3, 0.4) is 0 Å². The van der Waals surface area contributed by atoms with Crippen molar-refractivity contribution in [1.82, 2.24) is 9.88 Å². The number of piperidine rings is 1. The number of carbonyl (C=O) groups excluding carboxylic acids is 1. The number of nitrogens with zero attached hydrogens (tertiary/aromatic N) is 1. The van der Waals surface area contributed by atoms with Gasteiger partial charge in [-0.15, -0.1) is 0 Å². The van der Waals surface area contributed by atoms with Gasteiger partial charge in [0.15, 0.2) is 0 Å². The Morgan fingerprint density at radius 2 is 1.97 bits per heavy atom. The number of aryl methyl sites for hydroxylation is 2. The molecule has 29 heavy (non-hydrogen) atoms. The molecule has 2 heterocycles. The number of amides is 1. The summed E-state index contributed by atoms with van der Waals surface area (Å²) in [4.78, 5) is 17.4. The minimum atomic E-state index is -0.392. The highest BCUT2D eigenvalue weighted by atomic mass is 16.5. The van der Waals surface area contributed by atoms with Crippen LogP contribution in [0, 0.1) is 13.8 Å². The van der Waals surface area contributed by atoms with Crippen molar-refractivity contribution in [2.75, 3.05) is 13.7 Å². The van der Waals surface area contributed by atoms with E-state index in [1.807, 2.05) is 30.5 Å². The number of benzene rings is 2. The summed E-state index contributed by atoms with van der Waals surface area (Å²) in [5, 5.41) is 1.30. The van der Waals surface area contributed by atoms with Crippen LogP contribution >= 0.6 is 0 Å². The van der Waals surface area contributed by atoms with Gasteiger partial charge >= 0.3 is 0 Å². The number of likely N-dealkylation sites (tertiary alicyclic amines) is 1. The van der Waals surface area contributed by atoms with E-state index in [4.69, 9.17) is 10.5 Å². The van der Waals surface area contributed by atoms with E-state index in [1.165, 1.54) is 33.2 Å². The molecular formula is C24H29N3O2. The van der Waals surface area contributed by atoms with Gasteiger partial charge in [-0.1, -0.05) is 18.2 Å². The Morgan fingerprint density at radius 1 is 1.21 bits per heavy atom. The third kappa shape index (κ3) is 3.80. The summed E-state index contributed by atoms with van der Waals surface area (Å²) < 4.78 is 5.69. The van der Waals surface area contributed by atoms with E-state index < -0.39 is 5.91 Å². The topological polar surface area (TPSA) is 71.3 Å². The van der Waals surface area contributed by atoms with Crippen LogP contribution in [0.5, 0.6) is 0 Å². The van der Waals surface area contributed by atoms with E-state index in [0.717, 1.165) is 25.9 Å². The van der Waals surface area contributed by atoms with Crippen molar-refractivity contribution in [2.45, 2.75) is 45.4 Å². The number of aromatic amines is 1. The van der Waals surface area contributed by atoms with E-state index in [9.17, 15) is 4.79 Å². The predicted molar refractivity (Wildman–Crippen MR) is 116 cm³/mol. The van der Waals surface area contributed by atoms with Crippen LogP contribution in [-0.2, 0) is 11.3 Å². The van der Waals surface area contributed by atoms with Gasteiger partial charge in [0.1, 0.15) is 0 Å². The number of rotatable bonds is 5. The maximum absolute atomic E-state index is 11.4. The summed E-state index contributed by atoms with van der Waals surface area (Å²) in [7, 11) is 1.79. The zero-order chi connectivity index (χ0) is 20.5. The first-order valence-electron chi connectivity index (χ1n) is 10.2. The number of nitrogens with two attached hydrogens (primary N) is 1. The van der Waals surface area contributed by atoms with E-state index in [-0.39, 0.29) is 12.1 Å². The third-order valence-electron chi connectivity index (χ3n) is 6.32. The number of carbonyl (C=O) groups is 1. The van der Waals surface area contributed by atoms with Gasteiger partial charge in [0, 0.05) is 48.9 Å². The quantitative estimate of drug-likeness (QED) is 0.683. The van der Waals surface area contributed by atoms with Crippen LogP contribution in [0.15, 0.2) is 42.6 Å². The average molecular weight is 392 g/mol. The minimum Gasteiger partial charge on any atom is -0.381 e. The average Bonchev–Trinajstić information content (AvgIpc) is 3.21. The Labute approximate surface area is 171 Å². The number of nitrogens with one attached hydrogen (secondary N) is 1. The predicted octanol–water partition coefficient (Wildman–Crippen LogP) is 4.24. The molecule has 5 heteroatoms. The summed E-state index contributed by atoms with van der Waals surface area (Å²) in [6.07, 6.45) is 4.23. The van der Waals surface area contributed by atoms with E-state index in [0.29, 0.717) is 5.56 Å². The SMILES string of the molecule is CO[C@H]1CCN(Cc2c(C)cc(C)c3[nH]ccc23)[C@H](c2ccc(C(N)=O)cc2)C1. The van der Waals surface area contributed by atoms with Crippen molar-refractivity contribution < 1.29 is 9.53 Å². The molecule has 4 rings (SSSR count). The van der Waals surface area contributed by atoms with Crippen LogP contribution in [-0.4, -0.2) is 35.5 Å². The van der Waals surface area contributed by atoms with Crippen molar-refractivity contribution >= 4 is 16.8 Å². The number of hydrogen-bond acceptors (Lipinski definition) is 3. The molecule has 2 aromatic carbocycles. The van der Waals surface area contributed by atoms with Crippen molar-refractivity contribution in [1.29, 1.82) is 0 Å². The molecule has 1 aliphatic heterocycles. The lowest BCUT2D eigenvalue weighted by atomic mass is 9.91. The lowest BCUT2D eigenvalue weighted by Crippen LogP contribution is -2.39. The summed E-state index contributed by atoms with van der Waals surface area (Å²) in [6.45, 7) is 6.22. The Hall–Kier alpha value is -2.63. The summed E-state index contributed by atoms with van der Waals surface area (Å²) in [6, 6.07) is 12.4. The molecule has 3 N–H and O–H groups in total. The van der Waals surface area contributed by atoms with Crippen LogP contribution in [0.1, 0.15) is 51.5 Å². The number of fused-ring (bicyclic) bond motifs is 1. The molecule has 0 unspecified atom stereocenters. The van der Waals surface area contributed by atoms with Crippen molar-refractivity contribution in [3.05, 3.63) is 70.4 Å². The van der Waals surface area contributed by atoms with E-state index in [2.05, 4.69) is 35.9 Å². The van der Waals surface area contributed by atoms with Gasteiger partial charge < -0.3 is 15.5 Å². The first-order chi connectivity index (χ1) is 14.0. The molecular weight excluding hydrogens is 362 g/mol.